The van der Waals surface area contributed by atoms with Gasteiger partial charge in [-0.3, -0.25) is 4.79 Å². The van der Waals surface area contributed by atoms with Crippen molar-refractivity contribution in [2.75, 3.05) is 11.9 Å². The molecule has 0 radical (unpaired) electrons. The summed E-state index contributed by atoms with van der Waals surface area (Å²) in [6, 6.07) is 3.19. The summed E-state index contributed by atoms with van der Waals surface area (Å²) in [5.41, 5.74) is 1.42. The lowest BCUT2D eigenvalue weighted by molar-refractivity contribution is -0.119. The average molecular weight is 330 g/mol. The number of fused-ring (bicyclic) bond motifs is 1. The van der Waals surface area contributed by atoms with E-state index in [0.29, 0.717) is 28.3 Å². The van der Waals surface area contributed by atoms with Crippen LogP contribution in [0.4, 0.5) is 14.5 Å². The number of benzene rings is 1. The fraction of sp³-hybridized carbons (Fsp3) is 0.400. The molecule has 1 aromatic carbocycles. The Kier molecular flexibility index (Phi) is 3.82. The molecule has 118 valence electrons. The fourth-order valence-corrected chi connectivity index (χ4v) is 2.85. The van der Waals surface area contributed by atoms with Crippen molar-refractivity contribution in [2.24, 2.45) is 5.92 Å². The quantitative estimate of drug-likeness (QED) is 0.833. The molecule has 1 saturated carbocycles. The van der Waals surface area contributed by atoms with E-state index in [2.05, 4.69) is 5.32 Å². The lowest BCUT2D eigenvalue weighted by Gasteiger charge is -2.34. The van der Waals surface area contributed by atoms with Crippen LogP contribution in [-0.4, -0.2) is 30.2 Å². The van der Waals surface area contributed by atoms with Crippen LogP contribution >= 0.6 is 11.6 Å². The molecular formula is C15H14ClF2NO3. The maximum absolute atomic E-state index is 12.8. The third-order valence-electron chi connectivity index (χ3n) is 3.82. The molecule has 1 heterocycles. The van der Waals surface area contributed by atoms with E-state index in [9.17, 15) is 18.7 Å². The van der Waals surface area contributed by atoms with Gasteiger partial charge in [-0.2, -0.15) is 0 Å². The molecule has 22 heavy (non-hydrogen) atoms. The van der Waals surface area contributed by atoms with Crippen LogP contribution in [0.1, 0.15) is 18.4 Å². The number of carbonyl (C=O) groups excluding carboxylic acids is 1. The number of rotatable bonds is 4. The molecule has 0 saturated heterocycles. The second kappa shape index (κ2) is 5.52. The van der Waals surface area contributed by atoms with E-state index in [0.717, 1.165) is 0 Å². The van der Waals surface area contributed by atoms with Gasteiger partial charge in [0, 0.05) is 36.1 Å². The maximum atomic E-state index is 12.8. The lowest BCUT2D eigenvalue weighted by Crippen LogP contribution is -2.38. The minimum absolute atomic E-state index is 0.169. The van der Waals surface area contributed by atoms with Crippen molar-refractivity contribution in [3.05, 3.63) is 28.3 Å². The second-order valence-corrected chi connectivity index (χ2v) is 6.03. The van der Waals surface area contributed by atoms with E-state index < -0.39 is 12.2 Å². The Balaban J connectivity index is 1.73. The molecule has 2 aliphatic rings. The molecule has 1 unspecified atom stereocenters. The molecule has 1 atom stereocenters. The SMILES string of the molecule is O=CC1=Cc2cc(Cl)c(OCC3CC(F)(F)C3)cc2NC1O. The van der Waals surface area contributed by atoms with Crippen LogP contribution in [-0.2, 0) is 4.79 Å². The van der Waals surface area contributed by atoms with Gasteiger partial charge in [-0.25, -0.2) is 8.78 Å². The number of anilines is 1. The number of aliphatic hydroxyl groups excluding tert-OH is 1. The largest absolute Gasteiger partial charge is 0.492 e. The average Bonchev–Trinajstić information content (AvgIpc) is 2.42. The minimum atomic E-state index is -2.57. The molecule has 4 nitrogen and oxygen atoms in total. The summed E-state index contributed by atoms with van der Waals surface area (Å²) in [7, 11) is 0. The van der Waals surface area contributed by atoms with Gasteiger partial charge in [0.05, 0.1) is 11.6 Å². The molecule has 1 fully saturated rings. The molecule has 0 aromatic heterocycles. The van der Waals surface area contributed by atoms with E-state index in [1.807, 2.05) is 0 Å². The number of carbonyl (C=O) groups is 1. The fourth-order valence-electron chi connectivity index (χ4n) is 2.62. The molecule has 2 N–H and O–H groups in total. The first-order chi connectivity index (χ1) is 10.4. The molecule has 1 aliphatic carbocycles. The Morgan fingerprint density at radius 1 is 1.45 bits per heavy atom. The zero-order chi connectivity index (χ0) is 15.9. The number of hydrogen-bond acceptors (Lipinski definition) is 4. The van der Waals surface area contributed by atoms with Crippen LogP contribution < -0.4 is 10.1 Å². The van der Waals surface area contributed by atoms with Crippen molar-refractivity contribution in [1.29, 1.82) is 0 Å². The van der Waals surface area contributed by atoms with E-state index >= 15 is 0 Å². The third kappa shape index (κ3) is 2.94. The first-order valence-corrected chi connectivity index (χ1v) is 7.21. The molecule has 0 bridgehead atoms. The Morgan fingerprint density at radius 3 is 2.82 bits per heavy atom. The van der Waals surface area contributed by atoms with Crippen LogP contribution in [0.25, 0.3) is 6.08 Å². The number of nitrogens with one attached hydrogen (secondary N) is 1. The third-order valence-corrected chi connectivity index (χ3v) is 4.11. The Labute approximate surface area is 130 Å². The molecule has 0 amide bonds. The zero-order valence-electron chi connectivity index (χ0n) is 11.5. The summed E-state index contributed by atoms with van der Waals surface area (Å²) in [6.45, 7) is 0.173. The maximum Gasteiger partial charge on any atom is 0.248 e. The van der Waals surface area contributed by atoms with Gasteiger partial charge in [0.2, 0.25) is 5.92 Å². The Bertz CT molecular complexity index is 640. The topological polar surface area (TPSA) is 58.6 Å². The molecular weight excluding hydrogens is 316 g/mol. The highest BCUT2D eigenvalue weighted by molar-refractivity contribution is 6.32. The molecule has 1 aromatic rings. The zero-order valence-corrected chi connectivity index (χ0v) is 12.2. The van der Waals surface area contributed by atoms with Crippen molar-refractivity contribution in [3.8, 4) is 5.75 Å². The van der Waals surface area contributed by atoms with Gasteiger partial charge in [-0.15, -0.1) is 0 Å². The van der Waals surface area contributed by atoms with Gasteiger partial charge in [0.15, 0.2) is 12.5 Å². The van der Waals surface area contributed by atoms with Crippen LogP contribution in [0.2, 0.25) is 5.02 Å². The van der Waals surface area contributed by atoms with E-state index in [1.165, 1.54) is 6.08 Å². The number of aliphatic hydroxyl groups is 1. The summed E-state index contributed by atoms with van der Waals surface area (Å²) >= 11 is 6.11. The first kappa shape index (κ1) is 15.2. The number of ether oxygens (including phenoxy) is 1. The van der Waals surface area contributed by atoms with Crippen LogP contribution in [0.3, 0.4) is 0 Å². The Morgan fingerprint density at radius 2 is 2.18 bits per heavy atom. The van der Waals surface area contributed by atoms with Crippen LogP contribution in [0.5, 0.6) is 5.75 Å². The van der Waals surface area contributed by atoms with E-state index in [-0.39, 0.29) is 30.9 Å². The number of halogens is 3. The lowest BCUT2D eigenvalue weighted by atomic mass is 9.82. The monoisotopic (exact) mass is 329 g/mol. The smallest absolute Gasteiger partial charge is 0.248 e. The summed E-state index contributed by atoms with van der Waals surface area (Å²) in [5.74, 6) is -2.39. The van der Waals surface area contributed by atoms with Crippen molar-refractivity contribution in [1.82, 2.24) is 0 Å². The summed E-state index contributed by atoms with van der Waals surface area (Å²) < 4.78 is 31.1. The molecule has 3 rings (SSSR count). The van der Waals surface area contributed by atoms with Crippen LogP contribution in [0.15, 0.2) is 17.7 Å². The highest BCUT2D eigenvalue weighted by Crippen LogP contribution is 2.43. The van der Waals surface area contributed by atoms with E-state index in [4.69, 9.17) is 16.3 Å². The van der Waals surface area contributed by atoms with Crippen LogP contribution in [0, 0.1) is 5.92 Å². The number of aldehydes is 1. The predicted octanol–water partition coefficient (Wildman–Crippen LogP) is 3.09. The van der Waals surface area contributed by atoms with Crippen molar-refractivity contribution in [3.63, 3.8) is 0 Å². The normalized spacial score (nSPS) is 22.9. The van der Waals surface area contributed by atoms with Crippen molar-refractivity contribution < 1.29 is 23.4 Å². The van der Waals surface area contributed by atoms with E-state index in [1.54, 1.807) is 12.1 Å². The summed E-state index contributed by atoms with van der Waals surface area (Å²) in [4.78, 5) is 10.8. The van der Waals surface area contributed by atoms with Gasteiger partial charge >= 0.3 is 0 Å². The highest BCUT2D eigenvalue weighted by atomic mass is 35.5. The number of alkyl halides is 2. The molecule has 7 heteroatoms. The number of hydrogen-bond donors (Lipinski definition) is 2. The van der Waals surface area contributed by atoms with Gasteiger partial charge in [0.1, 0.15) is 5.75 Å². The molecule has 0 spiro atoms. The summed E-state index contributed by atoms with van der Waals surface area (Å²) in [5, 5.41) is 12.8. The van der Waals surface area contributed by atoms with Gasteiger partial charge in [-0.05, 0) is 17.7 Å². The van der Waals surface area contributed by atoms with Crippen molar-refractivity contribution >= 4 is 29.7 Å². The first-order valence-electron chi connectivity index (χ1n) is 6.83. The second-order valence-electron chi connectivity index (χ2n) is 5.62. The standard InChI is InChI=1S/C15H14ClF2NO3/c16-11-2-9-1-10(6-20)14(21)19-12(9)3-13(11)22-7-8-4-15(17,18)5-8/h1-3,6,8,14,19,21H,4-5,7H2. The van der Waals surface area contributed by atoms with Gasteiger partial charge in [-0.1, -0.05) is 11.6 Å². The van der Waals surface area contributed by atoms with Crippen molar-refractivity contribution in [2.45, 2.75) is 25.0 Å². The Hall–Kier alpha value is -1.66. The predicted molar refractivity (Wildman–Crippen MR) is 78.3 cm³/mol. The highest BCUT2D eigenvalue weighted by Gasteiger charge is 2.45. The van der Waals surface area contributed by atoms with Gasteiger partial charge in [0.25, 0.3) is 0 Å². The minimum Gasteiger partial charge on any atom is -0.492 e. The summed E-state index contributed by atoms with van der Waals surface area (Å²) in [6.07, 6.45) is 0.668. The molecule has 1 aliphatic heterocycles. The van der Waals surface area contributed by atoms with Gasteiger partial charge < -0.3 is 15.2 Å².